The van der Waals surface area contributed by atoms with Crippen LogP contribution >= 0.6 is 11.3 Å². The van der Waals surface area contributed by atoms with Gasteiger partial charge in [-0.05, 0) is 18.6 Å². The van der Waals surface area contributed by atoms with Gasteiger partial charge in [0.15, 0.2) is 5.82 Å². The summed E-state index contributed by atoms with van der Waals surface area (Å²) in [6, 6.07) is 10.3. The van der Waals surface area contributed by atoms with Crippen LogP contribution in [0.3, 0.4) is 0 Å². The molecule has 0 saturated carbocycles. The second kappa shape index (κ2) is 8.44. The Labute approximate surface area is 184 Å². The first-order valence-electron chi connectivity index (χ1n) is 10.1. The first kappa shape index (κ1) is 19.7. The van der Waals surface area contributed by atoms with Gasteiger partial charge in [-0.3, -0.25) is 4.68 Å². The SMILES string of the molecule is Cc1cccc(/C=N/Nc2nc(N3CCOCC3)c3sc(-c4cnn(C)c4)cc3n2)c1. The zero-order chi connectivity index (χ0) is 21.2. The molecule has 0 aliphatic carbocycles. The Morgan fingerprint density at radius 1 is 1.19 bits per heavy atom. The maximum Gasteiger partial charge on any atom is 0.246 e. The number of rotatable bonds is 5. The number of hydrogen-bond donors (Lipinski definition) is 1. The third-order valence-corrected chi connectivity index (χ3v) is 6.24. The van der Waals surface area contributed by atoms with Crippen molar-refractivity contribution in [3.05, 3.63) is 53.9 Å². The van der Waals surface area contributed by atoms with E-state index in [2.05, 4.69) is 45.6 Å². The Morgan fingerprint density at radius 2 is 2.06 bits per heavy atom. The van der Waals surface area contributed by atoms with Gasteiger partial charge in [-0.1, -0.05) is 29.8 Å². The lowest BCUT2D eigenvalue weighted by atomic mass is 10.2. The van der Waals surface area contributed by atoms with Crippen molar-refractivity contribution >= 4 is 39.5 Å². The summed E-state index contributed by atoms with van der Waals surface area (Å²) in [6.45, 7) is 5.06. The smallest absolute Gasteiger partial charge is 0.246 e. The molecule has 9 heteroatoms. The monoisotopic (exact) mass is 433 g/mol. The van der Waals surface area contributed by atoms with Crippen LogP contribution in [-0.4, -0.2) is 52.3 Å². The van der Waals surface area contributed by atoms with Gasteiger partial charge in [-0.25, -0.2) is 10.4 Å². The van der Waals surface area contributed by atoms with E-state index in [0.29, 0.717) is 19.2 Å². The van der Waals surface area contributed by atoms with Crippen molar-refractivity contribution in [2.24, 2.45) is 12.1 Å². The molecular weight excluding hydrogens is 410 g/mol. The van der Waals surface area contributed by atoms with Gasteiger partial charge in [0, 0.05) is 36.8 Å². The van der Waals surface area contributed by atoms with Gasteiger partial charge in [-0.15, -0.1) is 11.3 Å². The normalized spacial score (nSPS) is 14.6. The minimum Gasteiger partial charge on any atom is -0.378 e. The van der Waals surface area contributed by atoms with Crippen LogP contribution in [0.1, 0.15) is 11.1 Å². The number of morpholine rings is 1. The van der Waals surface area contributed by atoms with E-state index in [1.165, 1.54) is 5.56 Å². The zero-order valence-electron chi connectivity index (χ0n) is 17.4. The number of benzene rings is 1. The second-order valence-corrected chi connectivity index (χ2v) is 8.53. The molecule has 0 atom stereocenters. The van der Waals surface area contributed by atoms with Crippen LogP contribution in [-0.2, 0) is 11.8 Å². The van der Waals surface area contributed by atoms with Gasteiger partial charge in [0.25, 0.3) is 0 Å². The van der Waals surface area contributed by atoms with Crippen molar-refractivity contribution in [2.75, 3.05) is 36.6 Å². The number of aryl methyl sites for hydroxylation is 2. The van der Waals surface area contributed by atoms with Crippen molar-refractivity contribution < 1.29 is 4.74 Å². The van der Waals surface area contributed by atoms with Crippen molar-refractivity contribution in [2.45, 2.75) is 6.92 Å². The third kappa shape index (κ3) is 4.28. The second-order valence-electron chi connectivity index (χ2n) is 7.48. The van der Waals surface area contributed by atoms with E-state index in [1.807, 2.05) is 31.6 Å². The molecule has 4 aromatic rings. The number of hydrogen-bond acceptors (Lipinski definition) is 8. The highest BCUT2D eigenvalue weighted by atomic mass is 32.1. The molecule has 0 spiro atoms. The molecule has 1 aromatic carbocycles. The first-order chi connectivity index (χ1) is 15.2. The van der Waals surface area contributed by atoms with Crippen LogP contribution in [0.15, 0.2) is 47.8 Å². The fraction of sp³-hybridized carbons (Fsp3) is 0.273. The molecule has 5 rings (SSSR count). The quantitative estimate of drug-likeness (QED) is 0.382. The van der Waals surface area contributed by atoms with Crippen molar-refractivity contribution in [3.8, 4) is 10.4 Å². The first-order valence-corrected chi connectivity index (χ1v) is 11.0. The van der Waals surface area contributed by atoms with Crippen LogP contribution < -0.4 is 10.3 Å². The summed E-state index contributed by atoms with van der Waals surface area (Å²) in [6.07, 6.45) is 5.67. The van der Waals surface area contributed by atoms with Gasteiger partial charge >= 0.3 is 0 Å². The lowest BCUT2D eigenvalue weighted by Gasteiger charge is -2.28. The highest BCUT2D eigenvalue weighted by molar-refractivity contribution is 7.22. The standard InChI is InChI=1S/C22H23N7OS/c1-15-4-3-5-16(10-15)12-23-27-22-25-18-11-19(17-13-24-28(2)14-17)31-20(18)21(26-22)29-6-8-30-9-7-29/h3-5,10-14H,6-9H2,1-2H3,(H,25,26,27)/b23-12+. The summed E-state index contributed by atoms with van der Waals surface area (Å²) < 4.78 is 8.40. The minimum absolute atomic E-state index is 0.480. The molecule has 3 aromatic heterocycles. The number of anilines is 2. The molecule has 0 amide bonds. The third-order valence-electron chi connectivity index (χ3n) is 5.07. The molecule has 1 aliphatic heterocycles. The Kier molecular flexibility index (Phi) is 5.35. The number of nitrogens with zero attached hydrogens (tertiary/aromatic N) is 6. The number of thiophene rings is 1. The molecule has 1 fully saturated rings. The Bertz CT molecular complexity index is 1240. The molecule has 158 valence electrons. The van der Waals surface area contributed by atoms with Crippen LogP contribution in [0.5, 0.6) is 0 Å². The van der Waals surface area contributed by atoms with E-state index in [1.54, 1.807) is 22.2 Å². The zero-order valence-corrected chi connectivity index (χ0v) is 18.3. The Balaban J connectivity index is 1.50. The summed E-state index contributed by atoms with van der Waals surface area (Å²) in [5.41, 5.74) is 7.20. The highest BCUT2D eigenvalue weighted by Gasteiger charge is 2.20. The number of ether oxygens (including phenoxy) is 1. The molecule has 1 aliphatic rings. The van der Waals surface area contributed by atoms with Crippen LogP contribution in [0.4, 0.5) is 11.8 Å². The van der Waals surface area contributed by atoms with Gasteiger partial charge in [0.2, 0.25) is 5.95 Å². The van der Waals surface area contributed by atoms with Gasteiger partial charge in [0.05, 0.1) is 35.8 Å². The van der Waals surface area contributed by atoms with E-state index in [9.17, 15) is 0 Å². The molecule has 0 unspecified atom stereocenters. The predicted molar refractivity (Wildman–Crippen MR) is 125 cm³/mol. The van der Waals surface area contributed by atoms with E-state index in [4.69, 9.17) is 14.7 Å². The summed E-state index contributed by atoms with van der Waals surface area (Å²) in [4.78, 5) is 12.9. The molecule has 31 heavy (non-hydrogen) atoms. The molecule has 0 radical (unpaired) electrons. The topological polar surface area (TPSA) is 80.5 Å². The Hall–Kier alpha value is -3.30. The lowest BCUT2D eigenvalue weighted by molar-refractivity contribution is 0.122. The predicted octanol–water partition coefficient (Wildman–Crippen LogP) is 3.68. The van der Waals surface area contributed by atoms with E-state index >= 15 is 0 Å². The lowest BCUT2D eigenvalue weighted by Crippen LogP contribution is -2.36. The fourth-order valence-corrected chi connectivity index (χ4v) is 4.65. The highest BCUT2D eigenvalue weighted by Crippen LogP contribution is 2.38. The van der Waals surface area contributed by atoms with Crippen LogP contribution in [0, 0.1) is 6.92 Å². The molecular formula is C22H23N7OS. The Morgan fingerprint density at radius 3 is 2.84 bits per heavy atom. The van der Waals surface area contributed by atoms with E-state index in [0.717, 1.165) is 45.1 Å². The number of fused-ring (bicyclic) bond motifs is 1. The number of aromatic nitrogens is 4. The molecule has 4 heterocycles. The fourth-order valence-electron chi connectivity index (χ4n) is 3.56. The van der Waals surface area contributed by atoms with Crippen molar-refractivity contribution in [1.82, 2.24) is 19.7 Å². The maximum absolute atomic E-state index is 5.53. The summed E-state index contributed by atoms with van der Waals surface area (Å²) in [7, 11) is 1.92. The van der Waals surface area contributed by atoms with Crippen LogP contribution in [0.25, 0.3) is 20.7 Å². The van der Waals surface area contributed by atoms with Gasteiger partial charge in [0.1, 0.15) is 0 Å². The maximum atomic E-state index is 5.53. The van der Waals surface area contributed by atoms with Crippen molar-refractivity contribution in [1.29, 1.82) is 0 Å². The average Bonchev–Trinajstić information content (AvgIpc) is 3.40. The van der Waals surface area contributed by atoms with E-state index < -0.39 is 0 Å². The summed E-state index contributed by atoms with van der Waals surface area (Å²) in [5.74, 6) is 1.40. The molecule has 1 N–H and O–H groups in total. The van der Waals surface area contributed by atoms with E-state index in [-0.39, 0.29) is 0 Å². The largest absolute Gasteiger partial charge is 0.378 e. The molecule has 0 bridgehead atoms. The van der Waals surface area contributed by atoms with Gasteiger partial charge in [-0.2, -0.15) is 15.2 Å². The number of nitrogens with one attached hydrogen (secondary N) is 1. The summed E-state index contributed by atoms with van der Waals surface area (Å²) in [5, 5.41) is 8.66. The minimum atomic E-state index is 0.480. The summed E-state index contributed by atoms with van der Waals surface area (Å²) >= 11 is 1.69. The van der Waals surface area contributed by atoms with Gasteiger partial charge < -0.3 is 9.64 Å². The van der Waals surface area contributed by atoms with Crippen LogP contribution in [0.2, 0.25) is 0 Å². The average molecular weight is 434 g/mol. The number of hydrazone groups is 1. The molecule has 8 nitrogen and oxygen atoms in total. The molecule has 1 saturated heterocycles. The van der Waals surface area contributed by atoms with Crippen molar-refractivity contribution in [3.63, 3.8) is 0 Å².